The van der Waals surface area contributed by atoms with Crippen molar-refractivity contribution in [3.63, 3.8) is 0 Å². The Kier molecular flexibility index (Phi) is 7.15. The number of carbonyl (C=O) groups excluding carboxylic acids is 2. The fraction of sp³-hybridized carbons (Fsp3) is 0.526. The molecule has 138 valence electrons. The van der Waals surface area contributed by atoms with Crippen molar-refractivity contribution in [1.29, 1.82) is 0 Å². The van der Waals surface area contributed by atoms with Gasteiger partial charge in [0.15, 0.2) is 0 Å². The number of carbonyl (C=O) groups is 3. The largest absolute Gasteiger partial charge is 0.481 e. The fourth-order valence-corrected chi connectivity index (χ4v) is 2.25. The molecule has 0 fully saturated rings. The second-order valence-corrected chi connectivity index (χ2v) is 7.24. The number of rotatable bonds is 8. The van der Waals surface area contributed by atoms with Gasteiger partial charge in [0.05, 0.1) is 5.41 Å². The van der Waals surface area contributed by atoms with Gasteiger partial charge in [0, 0.05) is 31.6 Å². The Morgan fingerprint density at radius 2 is 1.72 bits per heavy atom. The minimum absolute atomic E-state index is 0.0508. The molecule has 0 radical (unpaired) electrons. The van der Waals surface area contributed by atoms with Crippen molar-refractivity contribution in [1.82, 2.24) is 10.2 Å². The van der Waals surface area contributed by atoms with Gasteiger partial charge in [-0.1, -0.05) is 26.0 Å². The van der Waals surface area contributed by atoms with Crippen molar-refractivity contribution in [3.05, 3.63) is 35.4 Å². The van der Waals surface area contributed by atoms with Crippen molar-refractivity contribution in [2.24, 2.45) is 11.3 Å². The third-order valence-corrected chi connectivity index (χ3v) is 4.12. The molecule has 0 aliphatic rings. The Morgan fingerprint density at radius 3 is 2.20 bits per heavy atom. The Morgan fingerprint density at radius 1 is 1.16 bits per heavy atom. The monoisotopic (exact) mass is 348 g/mol. The third-order valence-electron chi connectivity index (χ3n) is 4.12. The van der Waals surface area contributed by atoms with Crippen LogP contribution in [0.2, 0.25) is 0 Å². The predicted molar refractivity (Wildman–Crippen MR) is 96.1 cm³/mol. The molecular weight excluding hydrogens is 320 g/mol. The second-order valence-electron chi connectivity index (χ2n) is 7.24. The summed E-state index contributed by atoms with van der Waals surface area (Å²) in [7, 11) is 1.76. The summed E-state index contributed by atoms with van der Waals surface area (Å²) in [5.74, 6) is -1.10. The summed E-state index contributed by atoms with van der Waals surface area (Å²) in [5, 5.41) is 11.8. The molecule has 0 saturated carbocycles. The number of benzene rings is 1. The van der Waals surface area contributed by atoms with Gasteiger partial charge >= 0.3 is 5.97 Å². The van der Waals surface area contributed by atoms with Crippen LogP contribution in [-0.2, 0) is 16.1 Å². The zero-order valence-corrected chi connectivity index (χ0v) is 15.6. The lowest BCUT2D eigenvalue weighted by atomic mass is 9.90. The van der Waals surface area contributed by atoms with E-state index >= 15 is 0 Å². The van der Waals surface area contributed by atoms with E-state index < -0.39 is 11.4 Å². The van der Waals surface area contributed by atoms with E-state index in [1.54, 1.807) is 37.9 Å². The van der Waals surface area contributed by atoms with Crippen LogP contribution < -0.4 is 5.32 Å². The zero-order chi connectivity index (χ0) is 19.2. The molecule has 0 atom stereocenters. The molecule has 0 unspecified atom stereocenters. The highest BCUT2D eigenvalue weighted by atomic mass is 16.4. The van der Waals surface area contributed by atoms with E-state index in [1.807, 2.05) is 26.0 Å². The van der Waals surface area contributed by atoms with Crippen LogP contribution in [0.25, 0.3) is 0 Å². The summed E-state index contributed by atoms with van der Waals surface area (Å²) in [5.41, 5.74) is 0.583. The first kappa shape index (κ1) is 20.7. The molecule has 1 aromatic carbocycles. The molecule has 6 nitrogen and oxygen atoms in total. The Hall–Kier alpha value is -2.37. The van der Waals surface area contributed by atoms with Crippen LogP contribution >= 0.6 is 0 Å². The minimum atomic E-state index is -0.883. The van der Waals surface area contributed by atoms with Gasteiger partial charge in [0.1, 0.15) is 0 Å². The van der Waals surface area contributed by atoms with Crippen LogP contribution in [-0.4, -0.2) is 41.4 Å². The number of amides is 2. The minimum Gasteiger partial charge on any atom is -0.481 e. The standard InChI is InChI=1S/C19H28N2O4/c1-13(2)17(23)21(5)12-14-6-8-15(9-7-14)16(22)20-11-10-19(3,4)18(24)25/h6-9,13H,10-12H2,1-5H3,(H,20,22)(H,24,25). The Balaban J connectivity index is 2.57. The van der Waals surface area contributed by atoms with Gasteiger partial charge in [0.25, 0.3) is 5.91 Å². The van der Waals surface area contributed by atoms with Crippen molar-refractivity contribution in [2.45, 2.75) is 40.7 Å². The Labute approximate surface area is 149 Å². The molecule has 1 aromatic rings. The van der Waals surface area contributed by atoms with Gasteiger partial charge < -0.3 is 15.3 Å². The number of carboxylic acid groups (broad SMARTS) is 1. The molecule has 0 heterocycles. The van der Waals surface area contributed by atoms with Gasteiger partial charge in [-0.25, -0.2) is 0 Å². The summed E-state index contributed by atoms with van der Waals surface area (Å²) < 4.78 is 0. The molecule has 2 N–H and O–H groups in total. The van der Waals surface area contributed by atoms with Crippen LogP contribution in [0.4, 0.5) is 0 Å². The van der Waals surface area contributed by atoms with E-state index in [4.69, 9.17) is 5.11 Å². The highest BCUT2D eigenvalue weighted by molar-refractivity contribution is 5.94. The highest BCUT2D eigenvalue weighted by Gasteiger charge is 2.26. The van der Waals surface area contributed by atoms with Crippen molar-refractivity contribution < 1.29 is 19.5 Å². The molecule has 0 aliphatic heterocycles. The predicted octanol–water partition coefficient (Wildman–Crippen LogP) is 2.53. The molecule has 0 aromatic heterocycles. The maximum Gasteiger partial charge on any atom is 0.309 e. The van der Waals surface area contributed by atoms with Gasteiger partial charge in [-0.15, -0.1) is 0 Å². The number of nitrogens with zero attached hydrogens (tertiary/aromatic N) is 1. The van der Waals surface area contributed by atoms with Gasteiger partial charge in [0.2, 0.25) is 5.91 Å². The van der Waals surface area contributed by atoms with Gasteiger partial charge in [-0.2, -0.15) is 0 Å². The average Bonchev–Trinajstić information content (AvgIpc) is 2.54. The fourth-order valence-electron chi connectivity index (χ4n) is 2.25. The summed E-state index contributed by atoms with van der Waals surface area (Å²) in [6.07, 6.45) is 0.355. The summed E-state index contributed by atoms with van der Waals surface area (Å²) in [6.45, 7) is 7.77. The number of carboxylic acids is 1. The number of hydrogen-bond donors (Lipinski definition) is 2. The Bertz CT molecular complexity index is 621. The molecule has 6 heteroatoms. The van der Waals surface area contributed by atoms with E-state index in [1.165, 1.54) is 0 Å². The maximum absolute atomic E-state index is 12.1. The quantitative estimate of drug-likeness (QED) is 0.756. The second kappa shape index (κ2) is 8.65. The lowest BCUT2D eigenvalue weighted by molar-refractivity contribution is -0.147. The molecule has 0 spiro atoms. The number of nitrogens with one attached hydrogen (secondary N) is 1. The van der Waals surface area contributed by atoms with Gasteiger partial charge in [-0.3, -0.25) is 14.4 Å². The molecule has 2 amide bonds. The topological polar surface area (TPSA) is 86.7 Å². The van der Waals surface area contributed by atoms with E-state index in [2.05, 4.69) is 5.32 Å². The SMILES string of the molecule is CC(C)C(=O)N(C)Cc1ccc(C(=O)NCCC(C)(C)C(=O)O)cc1. The maximum atomic E-state index is 12.1. The smallest absolute Gasteiger partial charge is 0.309 e. The summed E-state index contributed by atoms with van der Waals surface area (Å²) in [4.78, 5) is 36.7. The van der Waals surface area contributed by atoms with E-state index in [0.29, 0.717) is 25.1 Å². The lowest BCUT2D eigenvalue weighted by Crippen LogP contribution is -2.32. The number of hydrogen-bond acceptors (Lipinski definition) is 3. The normalized spacial score (nSPS) is 11.3. The van der Waals surface area contributed by atoms with Crippen molar-refractivity contribution in [2.75, 3.05) is 13.6 Å². The van der Waals surface area contributed by atoms with E-state index in [0.717, 1.165) is 5.56 Å². The molecule has 25 heavy (non-hydrogen) atoms. The van der Waals surface area contributed by atoms with Crippen molar-refractivity contribution in [3.8, 4) is 0 Å². The van der Waals surface area contributed by atoms with Crippen LogP contribution in [0.5, 0.6) is 0 Å². The first-order valence-electron chi connectivity index (χ1n) is 8.40. The van der Waals surface area contributed by atoms with Crippen LogP contribution in [0.3, 0.4) is 0 Å². The zero-order valence-electron chi connectivity index (χ0n) is 15.6. The first-order chi connectivity index (χ1) is 11.5. The van der Waals surface area contributed by atoms with E-state index in [-0.39, 0.29) is 17.7 Å². The first-order valence-corrected chi connectivity index (χ1v) is 8.40. The van der Waals surface area contributed by atoms with Crippen LogP contribution in [0.1, 0.15) is 50.0 Å². The lowest BCUT2D eigenvalue weighted by Gasteiger charge is -2.20. The third kappa shape index (κ3) is 6.21. The number of aliphatic carboxylic acids is 1. The average molecular weight is 348 g/mol. The molecule has 1 rings (SSSR count). The van der Waals surface area contributed by atoms with Crippen LogP contribution in [0, 0.1) is 11.3 Å². The van der Waals surface area contributed by atoms with Crippen molar-refractivity contribution >= 4 is 17.8 Å². The highest BCUT2D eigenvalue weighted by Crippen LogP contribution is 2.19. The van der Waals surface area contributed by atoms with Gasteiger partial charge in [-0.05, 0) is 38.0 Å². The molecule has 0 aliphatic carbocycles. The molecular formula is C19H28N2O4. The molecule has 0 bridgehead atoms. The molecule has 0 saturated heterocycles. The van der Waals surface area contributed by atoms with Crippen LogP contribution in [0.15, 0.2) is 24.3 Å². The van der Waals surface area contributed by atoms with E-state index in [9.17, 15) is 14.4 Å². The summed E-state index contributed by atoms with van der Waals surface area (Å²) >= 11 is 0. The summed E-state index contributed by atoms with van der Waals surface area (Å²) in [6, 6.07) is 7.06.